The number of hydrogen-bond acceptors (Lipinski definition) is 1. The maximum Gasteiger partial charge on any atom is 0.134 e. The van der Waals surface area contributed by atoms with Crippen molar-refractivity contribution in [2.75, 3.05) is 6.61 Å². The lowest BCUT2D eigenvalue weighted by atomic mass is 10.3. The first kappa shape index (κ1) is 11.0. The Morgan fingerprint density at radius 3 is 2.33 bits per heavy atom. The van der Waals surface area contributed by atoms with Crippen LogP contribution in [-0.4, -0.2) is 11.7 Å². The van der Waals surface area contributed by atoms with E-state index in [9.17, 15) is 8.78 Å². The number of rotatable bonds is 1. The van der Waals surface area contributed by atoms with Crippen LogP contribution in [0, 0.1) is 17.7 Å². The zero-order valence-electron chi connectivity index (χ0n) is 6.85. The van der Waals surface area contributed by atoms with Gasteiger partial charge in [0, 0.05) is 18.7 Å². The maximum atomic E-state index is 11.9. The molecule has 0 aliphatic rings. The van der Waals surface area contributed by atoms with E-state index in [1.165, 1.54) is 6.07 Å². The fourth-order valence-corrected chi connectivity index (χ4v) is 0.412. The first-order valence-electron chi connectivity index (χ1n) is 3.64. The lowest BCUT2D eigenvalue weighted by Gasteiger charge is -1.83. The minimum Gasteiger partial charge on any atom is -0.396 e. The van der Waals surface area contributed by atoms with Gasteiger partial charge in [0.15, 0.2) is 0 Å². The third-order valence-electron chi connectivity index (χ3n) is 0.952. The molecule has 0 bridgehead atoms. The van der Waals surface area contributed by atoms with Gasteiger partial charge >= 0.3 is 0 Å². The Labute approximate surface area is 70.7 Å². The highest BCUT2D eigenvalue weighted by molar-refractivity contribution is 5.03. The molecule has 0 heterocycles. The van der Waals surface area contributed by atoms with Crippen LogP contribution < -0.4 is 0 Å². The van der Waals surface area contributed by atoms with Gasteiger partial charge in [-0.15, -0.1) is 0 Å². The molecule has 0 saturated carbocycles. The van der Waals surface area contributed by atoms with Crippen LogP contribution >= 0.6 is 0 Å². The summed E-state index contributed by atoms with van der Waals surface area (Å²) >= 11 is 0. The van der Waals surface area contributed by atoms with Crippen LogP contribution in [0.4, 0.5) is 8.78 Å². The molecule has 0 fully saturated rings. The van der Waals surface area contributed by atoms with E-state index in [2.05, 4.69) is 6.07 Å². The van der Waals surface area contributed by atoms with Crippen molar-refractivity contribution >= 4 is 0 Å². The van der Waals surface area contributed by atoms with E-state index in [0.29, 0.717) is 6.61 Å². The highest BCUT2D eigenvalue weighted by Crippen LogP contribution is 1.98. The smallest absolute Gasteiger partial charge is 0.134 e. The van der Waals surface area contributed by atoms with Crippen molar-refractivity contribution in [2.45, 2.75) is 13.3 Å². The van der Waals surface area contributed by atoms with Crippen LogP contribution in [0.15, 0.2) is 18.2 Å². The van der Waals surface area contributed by atoms with E-state index < -0.39 is 11.6 Å². The van der Waals surface area contributed by atoms with Crippen LogP contribution in [0.5, 0.6) is 0 Å². The average molecular weight is 173 g/mol. The third kappa shape index (κ3) is 5.80. The fraction of sp³-hybridized carbons (Fsp3) is 0.333. The molecule has 1 aromatic carbocycles. The van der Waals surface area contributed by atoms with Crippen molar-refractivity contribution in [1.82, 2.24) is 0 Å². The summed E-state index contributed by atoms with van der Waals surface area (Å²) in [6.45, 7) is 2.25. The molecule has 1 nitrogen and oxygen atoms in total. The molecule has 0 aromatic heterocycles. The molecule has 1 N–H and O–H groups in total. The molecule has 1 radical (unpaired) electrons. The van der Waals surface area contributed by atoms with E-state index in [1.807, 2.05) is 6.92 Å². The molecular weight excluding hydrogens is 162 g/mol. The van der Waals surface area contributed by atoms with E-state index in [0.717, 1.165) is 18.6 Å². The van der Waals surface area contributed by atoms with Crippen LogP contribution in [0.1, 0.15) is 13.3 Å². The molecule has 0 atom stereocenters. The summed E-state index contributed by atoms with van der Waals surface area (Å²) < 4.78 is 23.8. The molecular formula is C9H11F2O. The molecule has 0 spiro atoms. The van der Waals surface area contributed by atoms with Crippen LogP contribution in [0.2, 0.25) is 0 Å². The van der Waals surface area contributed by atoms with Crippen molar-refractivity contribution in [2.24, 2.45) is 0 Å². The first-order valence-corrected chi connectivity index (χ1v) is 3.64. The van der Waals surface area contributed by atoms with Crippen molar-refractivity contribution < 1.29 is 13.9 Å². The Bertz CT molecular complexity index is 194. The predicted molar refractivity (Wildman–Crippen MR) is 42.6 cm³/mol. The van der Waals surface area contributed by atoms with Crippen molar-refractivity contribution in [3.63, 3.8) is 0 Å². The lowest BCUT2D eigenvalue weighted by molar-refractivity contribution is 0.295. The van der Waals surface area contributed by atoms with E-state index >= 15 is 0 Å². The summed E-state index contributed by atoms with van der Waals surface area (Å²) in [5.41, 5.74) is 0. The highest BCUT2D eigenvalue weighted by atomic mass is 19.1. The molecule has 1 aromatic rings. The highest BCUT2D eigenvalue weighted by Gasteiger charge is 1.89. The number of benzene rings is 1. The van der Waals surface area contributed by atoms with E-state index in [-0.39, 0.29) is 0 Å². The largest absolute Gasteiger partial charge is 0.396 e. The Morgan fingerprint density at radius 2 is 2.08 bits per heavy atom. The molecule has 3 heteroatoms. The van der Waals surface area contributed by atoms with Crippen LogP contribution in [0.25, 0.3) is 0 Å². The summed E-state index contributed by atoms with van der Waals surface area (Å²) in [5, 5.41) is 7.88. The van der Waals surface area contributed by atoms with Gasteiger partial charge in [-0.05, 0) is 18.6 Å². The summed E-state index contributed by atoms with van der Waals surface area (Å²) in [4.78, 5) is 0. The second-order valence-corrected chi connectivity index (χ2v) is 2.08. The molecule has 67 valence electrons. The van der Waals surface area contributed by atoms with Gasteiger partial charge < -0.3 is 5.11 Å². The standard InChI is InChI=1S/C6H3F2.C3H8O/c7-5-2-1-3-6(8)4-5;1-2-3-4/h1-2,4H;4H,2-3H2,1H3. The quantitative estimate of drug-likeness (QED) is 0.689. The minimum absolute atomic E-state index is 0.319. The topological polar surface area (TPSA) is 20.2 Å². The van der Waals surface area contributed by atoms with Crippen LogP contribution in [-0.2, 0) is 0 Å². The molecule has 1 rings (SSSR count). The number of aliphatic hydroxyl groups is 1. The Morgan fingerprint density at radius 1 is 1.50 bits per heavy atom. The summed E-state index contributed by atoms with van der Waals surface area (Å²) in [5.74, 6) is -1.23. The molecule has 0 amide bonds. The first-order chi connectivity index (χ1) is 5.70. The number of halogens is 2. The zero-order chi connectivity index (χ0) is 9.40. The van der Waals surface area contributed by atoms with E-state index in [4.69, 9.17) is 5.11 Å². The molecule has 0 saturated heterocycles. The van der Waals surface area contributed by atoms with Gasteiger partial charge in [0.1, 0.15) is 11.6 Å². The van der Waals surface area contributed by atoms with Gasteiger partial charge in [-0.25, -0.2) is 8.78 Å². The van der Waals surface area contributed by atoms with Gasteiger partial charge in [0.25, 0.3) is 0 Å². The molecule has 0 unspecified atom stereocenters. The van der Waals surface area contributed by atoms with Gasteiger partial charge in [-0.3, -0.25) is 0 Å². The normalized spacial score (nSPS) is 8.67. The maximum absolute atomic E-state index is 11.9. The minimum atomic E-state index is -0.662. The van der Waals surface area contributed by atoms with Crippen molar-refractivity contribution in [1.29, 1.82) is 0 Å². The second kappa shape index (κ2) is 6.73. The summed E-state index contributed by atoms with van der Waals surface area (Å²) in [6, 6.07) is 5.28. The summed E-state index contributed by atoms with van der Waals surface area (Å²) in [7, 11) is 0. The number of hydrogen-bond donors (Lipinski definition) is 1. The van der Waals surface area contributed by atoms with E-state index in [1.54, 1.807) is 0 Å². The zero-order valence-corrected chi connectivity index (χ0v) is 6.85. The average Bonchev–Trinajstić information content (AvgIpc) is 2.04. The molecule has 12 heavy (non-hydrogen) atoms. The molecule has 0 aliphatic heterocycles. The Balaban J connectivity index is 0.000000261. The Hall–Kier alpha value is -0.960. The van der Waals surface area contributed by atoms with Crippen molar-refractivity contribution in [3.05, 3.63) is 35.9 Å². The van der Waals surface area contributed by atoms with Crippen LogP contribution in [0.3, 0.4) is 0 Å². The summed E-state index contributed by atoms with van der Waals surface area (Å²) in [6.07, 6.45) is 0.875. The monoisotopic (exact) mass is 173 g/mol. The van der Waals surface area contributed by atoms with Gasteiger partial charge in [-0.1, -0.05) is 6.92 Å². The van der Waals surface area contributed by atoms with Gasteiger partial charge in [0.2, 0.25) is 0 Å². The van der Waals surface area contributed by atoms with Crippen molar-refractivity contribution in [3.8, 4) is 0 Å². The predicted octanol–water partition coefficient (Wildman–Crippen LogP) is 2.15. The second-order valence-electron chi connectivity index (χ2n) is 2.08. The third-order valence-corrected chi connectivity index (χ3v) is 0.952. The van der Waals surface area contributed by atoms with Gasteiger partial charge in [-0.2, -0.15) is 0 Å². The molecule has 0 aliphatic carbocycles. The SMILES string of the molecule is CCCO.Fc1[c]ccc(F)c1. The lowest BCUT2D eigenvalue weighted by Crippen LogP contribution is -1.74. The Kier molecular flexibility index (Phi) is 6.19. The number of aliphatic hydroxyl groups excluding tert-OH is 1. The fourth-order valence-electron chi connectivity index (χ4n) is 0.412. The van der Waals surface area contributed by atoms with Gasteiger partial charge in [0.05, 0.1) is 0 Å².